The number of hydrogen-bond donors (Lipinski definition) is 1. The summed E-state index contributed by atoms with van der Waals surface area (Å²) in [6.45, 7) is 1.14. The molecule has 1 amide bonds. The highest BCUT2D eigenvalue weighted by Crippen LogP contribution is 2.40. The Bertz CT molecular complexity index is 838. The fourth-order valence-electron chi connectivity index (χ4n) is 4.35. The Morgan fingerprint density at radius 1 is 1.24 bits per heavy atom. The molecule has 1 fully saturated rings. The van der Waals surface area contributed by atoms with Crippen LogP contribution >= 0.6 is 0 Å². The predicted octanol–water partition coefficient (Wildman–Crippen LogP) is 3.44. The van der Waals surface area contributed by atoms with Gasteiger partial charge >= 0.3 is 6.18 Å². The van der Waals surface area contributed by atoms with E-state index in [-0.39, 0.29) is 30.2 Å². The van der Waals surface area contributed by atoms with Gasteiger partial charge in [0.05, 0.1) is 0 Å². The van der Waals surface area contributed by atoms with Crippen molar-refractivity contribution in [3.63, 3.8) is 0 Å². The summed E-state index contributed by atoms with van der Waals surface area (Å²) in [7, 11) is 0. The number of benzene rings is 1. The topological polar surface area (TPSA) is 63.1 Å². The third kappa shape index (κ3) is 4.38. The van der Waals surface area contributed by atoms with Crippen molar-refractivity contribution in [2.24, 2.45) is 5.92 Å². The number of alkyl halides is 3. The van der Waals surface area contributed by atoms with Gasteiger partial charge in [0, 0.05) is 25.6 Å². The van der Waals surface area contributed by atoms with E-state index in [9.17, 15) is 18.0 Å². The number of piperidine rings is 1. The molecule has 1 N–H and O–H groups in total. The van der Waals surface area contributed by atoms with Crippen LogP contribution in [0.5, 0.6) is 0 Å². The Hall–Kier alpha value is -2.58. The third-order valence-corrected chi connectivity index (χ3v) is 5.89. The minimum Gasteiger partial charge on any atom is -0.351 e. The summed E-state index contributed by atoms with van der Waals surface area (Å²) in [4.78, 5) is 18.4. The molecule has 1 saturated heterocycles. The summed E-state index contributed by atoms with van der Waals surface area (Å²) in [6.07, 6.45) is -0.679. The molecule has 6 nitrogen and oxygen atoms in total. The Morgan fingerprint density at radius 3 is 2.79 bits per heavy atom. The second-order valence-electron chi connectivity index (χ2n) is 7.80. The van der Waals surface area contributed by atoms with Gasteiger partial charge in [0.2, 0.25) is 11.9 Å². The lowest BCUT2D eigenvalue weighted by molar-refractivity contribution is -0.175. The lowest BCUT2D eigenvalue weighted by Gasteiger charge is -2.41. The molecule has 1 aromatic carbocycles. The number of halogens is 3. The van der Waals surface area contributed by atoms with Crippen molar-refractivity contribution in [2.45, 2.75) is 50.4 Å². The number of carbonyl (C=O) groups is 1. The zero-order valence-corrected chi connectivity index (χ0v) is 16.0. The molecule has 3 heterocycles. The highest BCUT2D eigenvalue weighted by molar-refractivity contribution is 5.76. The number of carbonyl (C=O) groups excluding carboxylic acids is 1. The fourth-order valence-corrected chi connectivity index (χ4v) is 4.35. The molecule has 0 aliphatic carbocycles. The van der Waals surface area contributed by atoms with Gasteiger partial charge in [-0.25, -0.2) is 4.68 Å². The first kappa shape index (κ1) is 19.7. The molecule has 29 heavy (non-hydrogen) atoms. The lowest BCUT2D eigenvalue weighted by atomic mass is 9.86. The van der Waals surface area contributed by atoms with Crippen molar-refractivity contribution >= 4 is 11.9 Å². The van der Waals surface area contributed by atoms with E-state index in [1.54, 1.807) is 4.90 Å². The number of fused-ring (bicyclic) bond motifs is 1. The van der Waals surface area contributed by atoms with Gasteiger partial charge in [0.1, 0.15) is 6.33 Å². The summed E-state index contributed by atoms with van der Waals surface area (Å²) in [5, 5.41) is 6.86. The minimum atomic E-state index is -4.39. The molecule has 0 radical (unpaired) electrons. The number of aromatic nitrogens is 3. The lowest BCUT2D eigenvalue weighted by Crippen LogP contribution is -2.49. The van der Waals surface area contributed by atoms with E-state index < -0.39 is 12.2 Å². The molecule has 9 heteroatoms. The van der Waals surface area contributed by atoms with Crippen LogP contribution in [0.3, 0.4) is 0 Å². The summed E-state index contributed by atoms with van der Waals surface area (Å²) in [5.41, 5.74) is 1.11. The van der Waals surface area contributed by atoms with Gasteiger partial charge in [-0.15, -0.1) is 0 Å². The molecule has 0 bridgehead atoms. The van der Waals surface area contributed by atoms with E-state index in [1.165, 1.54) is 0 Å². The normalized spacial score (nSPS) is 24.7. The van der Waals surface area contributed by atoms with Crippen LogP contribution in [-0.4, -0.2) is 50.9 Å². The van der Waals surface area contributed by atoms with Crippen LogP contribution in [0.1, 0.15) is 37.3 Å². The Kier molecular flexibility index (Phi) is 5.47. The van der Waals surface area contributed by atoms with Crippen LogP contribution in [0, 0.1) is 5.92 Å². The fraction of sp³-hybridized carbons (Fsp3) is 0.550. The minimum absolute atomic E-state index is 0.0419. The molecule has 156 valence electrons. The van der Waals surface area contributed by atoms with Gasteiger partial charge in [-0.1, -0.05) is 30.3 Å². The van der Waals surface area contributed by atoms with Gasteiger partial charge in [0.25, 0.3) is 0 Å². The van der Waals surface area contributed by atoms with E-state index in [2.05, 4.69) is 15.4 Å². The van der Waals surface area contributed by atoms with Crippen LogP contribution in [0.25, 0.3) is 0 Å². The van der Waals surface area contributed by atoms with Gasteiger partial charge in [-0.3, -0.25) is 4.79 Å². The van der Waals surface area contributed by atoms with Crippen LogP contribution in [-0.2, 0) is 11.2 Å². The molecule has 2 aliphatic rings. The van der Waals surface area contributed by atoms with Crippen LogP contribution in [0.4, 0.5) is 19.1 Å². The quantitative estimate of drug-likeness (QED) is 0.844. The van der Waals surface area contributed by atoms with E-state index >= 15 is 0 Å². The van der Waals surface area contributed by atoms with Gasteiger partial charge in [-0.2, -0.15) is 23.3 Å². The molecule has 4 rings (SSSR count). The number of aryl methyl sites for hydroxylation is 1. The summed E-state index contributed by atoms with van der Waals surface area (Å²) >= 11 is 0. The van der Waals surface area contributed by atoms with Crippen molar-refractivity contribution in [1.29, 1.82) is 0 Å². The number of hydrogen-bond acceptors (Lipinski definition) is 4. The first-order chi connectivity index (χ1) is 13.9. The number of rotatable bonds is 4. The number of nitrogens with zero attached hydrogens (tertiary/aromatic N) is 4. The molecule has 2 aromatic rings. The molecule has 0 unspecified atom stereocenters. The Labute approximate surface area is 167 Å². The van der Waals surface area contributed by atoms with E-state index in [4.69, 9.17) is 0 Å². The molecular weight excluding hydrogens is 383 g/mol. The first-order valence-corrected chi connectivity index (χ1v) is 9.96. The Morgan fingerprint density at radius 2 is 2.03 bits per heavy atom. The van der Waals surface area contributed by atoms with Gasteiger partial charge < -0.3 is 10.2 Å². The molecular formula is C20H24F3N5O. The molecule has 0 spiro atoms. The third-order valence-electron chi connectivity index (χ3n) is 5.89. The second kappa shape index (κ2) is 8.04. The molecule has 1 aromatic heterocycles. The van der Waals surface area contributed by atoms with E-state index in [0.29, 0.717) is 25.9 Å². The Balaban J connectivity index is 1.40. The number of anilines is 1. The smallest absolute Gasteiger partial charge is 0.351 e. The van der Waals surface area contributed by atoms with Gasteiger partial charge in [-0.05, 0) is 37.2 Å². The summed E-state index contributed by atoms with van der Waals surface area (Å²) < 4.78 is 41.5. The summed E-state index contributed by atoms with van der Waals surface area (Å²) in [6, 6.07) is 7.74. The second-order valence-corrected chi connectivity index (χ2v) is 7.80. The van der Waals surface area contributed by atoms with Crippen molar-refractivity contribution in [3.05, 3.63) is 42.2 Å². The predicted molar refractivity (Wildman–Crippen MR) is 101 cm³/mol. The maximum atomic E-state index is 13.5. The summed E-state index contributed by atoms with van der Waals surface area (Å²) in [5.74, 6) is 0.167. The molecule has 2 aliphatic heterocycles. The maximum Gasteiger partial charge on any atom is 0.411 e. The van der Waals surface area contributed by atoms with Crippen molar-refractivity contribution < 1.29 is 18.0 Å². The number of amides is 1. The highest BCUT2D eigenvalue weighted by atomic mass is 19.4. The average molecular weight is 407 g/mol. The van der Waals surface area contributed by atoms with E-state index in [1.807, 2.05) is 30.3 Å². The van der Waals surface area contributed by atoms with Gasteiger partial charge in [0.15, 0.2) is 6.04 Å². The zero-order chi connectivity index (χ0) is 20.4. The number of likely N-dealkylation sites (tertiary alicyclic amines) is 1. The standard InChI is InChI=1S/C20H24F3N5O/c21-20(22,23)17-11-16(26-19-24-13-25-28(17)19)15-7-4-10-27(12-15)18(29)9-8-14-5-2-1-3-6-14/h1-3,5-6,13,15-17H,4,7-12H2,(H,24,25,26)/t15-,16+,17-/m1/s1. The molecule has 0 saturated carbocycles. The zero-order valence-electron chi connectivity index (χ0n) is 16.0. The van der Waals surface area contributed by atoms with E-state index in [0.717, 1.165) is 29.4 Å². The van der Waals surface area contributed by atoms with Crippen LogP contribution in [0.2, 0.25) is 0 Å². The average Bonchev–Trinajstić information content (AvgIpc) is 3.20. The number of nitrogens with one attached hydrogen (secondary N) is 1. The highest BCUT2D eigenvalue weighted by Gasteiger charge is 2.48. The van der Waals surface area contributed by atoms with Crippen molar-refractivity contribution in [2.75, 3.05) is 18.4 Å². The van der Waals surface area contributed by atoms with Crippen molar-refractivity contribution in [1.82, 2.24) is 19.7 Å². The maximum absolute atomic E-state index is 13.5. The monoisotopic (exact) mass is 407 g/mol. The van der Waals surface area contributed by atoms with Crippen LogP contribution < -0.4 is 5.32 Å². The SMILES string of the molecule is O=C(CCc1ccccc1)N1CCC[C@@H]([C@@H]2C[C@H](C(F)(F)F)n3ncnc3N2)C1. The van der Waals surface area contributed by atoms with Crippen LogP contribution in [0.15, 0.2) is 36.7 Å². The first-order valence-electron chi connectivity index (χ1n) is 9.96. The molecule has 3 atom stereocenters. The van der Waals surface area contributed by atoms with Crippen molar-refractivity contribution in [3.8, 4) is 0 Å². The largest absolute Gasteiger partial charge is 0.411 e.